The fraction of sp³-hybridized carbons (Fsp3) is 0.111. The summed E-state index contributed by atoms with van der Waals surface area (Å²) in [7, 11) is 0. The fourth-order valence-corrected chi connectivity index (χ4v) is 1.86. The lowest BCUT2D eigenvalue weighted by molar-refractivity contribution is 0.321. The Morgan fingerprint density at radius 1 is 1.60 bits per heavy atom. The smallest absolute Gasteiger partial charge is 0.192 e. The van der Waals surface area contributed by atoms with Crippen LogP contribution in [0.5, 0.6) is 0 Å². The molecule has 1 N–H and O–H groups in total. The second-order valence-corrected chi connectivity index (χ2v) is 4.11. The van der Waals surface area contributed by atoms with Gasteiger partial charge < -0.3 is 9.62 Å². The quantitative estimate of drug-likeness (QED) is 0.498. The molecule has 0 aliphatic rings. The summed E-state index contributed by atoms with van der Waals surface area (Å²) in [6.07, 6.45) is 0. The maximum Gasteiger partial charge on any atom is 0.192 e. The number of hydrogen-bond donors (Lipinski definition) is 1. The Kier molecular flexibility index (Phi) is 2.67. The minimum absolute atomic E-state index is 0.0131. The zero-order valence-corrected chi connectivity index (χ0v) is 10.0. The summed E-state index contributed by atoms with van der Waals surface area (Å²) < 4.78 is 6.16. The van der Waals surface area contributed by atoms with Crippen molar-refractivity contribution in [2.75, 3.05) is 0 Å². The summed E-state index contributed by atoms with van der Waals surface area (Å²) in [6, 6.07) is 3.46. The second kappa shape index (κ2) is 3.83. The molecule has 0 fully saturated rings. The molecule has 4 nitrogen and oxygen atoms in total. The van der Waals surface area contributed by atoms with E-state index >= 15 is 0 Å². The van der Waals surface area contributed by atoms with Gasteiger partial charge >= 0.3 is 0 Å². The monoisotopic (exact) mass is 288 g/mol. The number of benzene rings is 1. The molecule has 0 radical (unpaired) electrons. The molecule has 0 bridgehead atoms. The van der Waals surface area contributed by atoms with Crippen LogP contribution in [0.15, 0.2) is 26.2 Å². The highest BCUT2D eigenvalue weighted by Crippen LogP contribution is 2.28. The van der Waals surface area contributed by atoms with Crippen LogP contribution in [-0.2, 0) is 0 Å². The van der Waals surface area contributed by atoms with E-state index in [9.17, 15) is 0 Å². The molecule has 0 saturated carbocycles. The lowest BCUT2D eigenvalue weighted by Crippen LogP contribution is -1.92. The van der Waals surface area contributed by atoms with E-state index < -0.39 is 0 Å². The van der Waals surface area contributed by atoms with Crippen molar-refractivity contribution < 1.29 is 9.62 Å². The third-order valence-corrected chi connectivity index (χ3v) is 2.82. The molecule has 0 spiro atoms. The number of oxazole rings is 1. The third-order valence-electron chi connectivity index (χ3n) is 1.91. The minimum Gasteiger partial charge on any atom is -0.440 e. The van der Waals surface area contributed by atoms with Crippen LogP contribution in [0.25, 0.3) is 11.1 Å². The van der Waals surface area contributed by atoms with Gasteiger partial charge in [0, 0.05) is 12.5 Å². The van der Waals surface area contributed by atoms with Gasteiger partial charge in [0.15, 0.2) is 16.6 Å². The zero-order valence-electron chi connectivity index (χ0n) is 7.66. The van der Waals surface area contributed by atoms with Crippen molar-refractivity contribution in [3.8, 4) is 0 Å². The Bertz CT molecular complexity index is 550. The van der Waals surface area contributed by atoms with Gasteiger partial charge in [-0.25, -0.2) is 4.98 Å². The lowest BCUT2D eigenvalue weighted by Gasteiger charge is -1.98. The zero-order chi connectivity index (χ0) is 11.0. The van der Waals surface area contributed by atoms with Crippen LogP contribution in [0, 0.1) is 6.92 Å². The molecule has 0 aliphatic carbocycles. The lowest BCUT2D eigenvalue weighted by atomic mass is 10.2. The maximum absolute atomic E-state index is 8.61. The first-order valence-corrected chi connectivity index (χ1v) is 5.24. The van der Waals surface area contributed by atoms with Crippen LogP contribution < -0.4 is 0 Å². The number of oxime groups is 1. The largest absolute Gasteiger partial charge is 0.440 e. The molecule has 0 saturated heterocycles. The van der Waals surface area contributed by atoms with Crippen molar-refractivity contribution in [2.45, 2.75) is 6.92 Å². The van der Waals surface area contributed by atoms with Gasteiger partial charge in [0.1, 0.15) is 5.52 Å². The summed E-state index contributed by atoms with van der Waals surface area (Å²) in [5.41, 5.74) is 1.70. The summed E-state index contributed by atoms with van der Waals surface area (Å²) in [5.74, 6) is 0.528. The van der Waals surface area contributed by atoms with Gasteiger partial charge in [0.05, 0.1) is 4.47 Å². The van der Waals surface area contributed by atoms with Crippen molar-refractivity contribution in [1.29, 1.82) is 0 Å². The summed E-state index contributed by atoms with van der Waals surface area (Å²) in [6.45, 7) is 1.74. The van der Waals surface area contributed by atoms with Gasteiger partial charge in [-0.1, -0.05) is 16.8 Å². The molecule has 78 valence electrons. The number of aryl methyl sites for hydroxylation is 1. The Hall–Kier alpha value is -1.07. The molecule has 0 unspecified atom stereocenters. The van der Waals surface area contributed by atoms with Crippen molar-refractivity contribution in [2.24, 2.45) is 5.16 Å². The summed E-state index contributed by atoms with van der Waals surface area (Å²) in [4.78, 5) is 4.17. The molecular formula is C9H6BrClN2O2. The average molecular weight is 290 g/mol. The van der Waals surface area contributed by atoms with Crippen LogP contribution in [0.4, 0.5) is 0 Å². The van der Waals surface area contributed by atoms with Crippen LogP contribution in [0.3, 0.4) is 0 Å². The van der Waals surface area contributed by atoms with Crippen LogP contribution in [0.1, 0.15) is 11.5 Å². The van der Waals surface area contributed by atoms with E-state index in [0.717, 1.165) is 4.47 Å². The fourth-order valence-electron chi connectivity index (χ4n) is 1.30. The number of nitrogens with zero attached hydrogens (tertiary/aromatic N) is 2. The van der Waals surface area contributed by atoms with E-state index in [0.29, 0.717) is 22.6 Å². The Morgan fingerprint density at radius 3 is 3.00 bits per heavy atom. The number of hydrogen-bond acceptors (Lipinski definition) is 4. The first-order valence-electron chi connectivity index (χ1n) is 4.07. The summed E-state index contributed by atoms with van der Waals surface area (Å²) >= 11 is 9.07. The number of aromatic nitrogens is 1. The average Bonchev–Trinajstić information content (AvgIpc) is 2.60. The normalized spacial score (nSPS) is 12.3. The van der Waals surface area contributed by atoms with E-state index in [2.05, 4.69) is 26.1 Å². The van der Waals surface area contributed by atoms with Crippen LogP contribution in [-0.4, -0.2) is 15.4 Å². The molecular weight excluding hydrogens is 283 g/mol. The summed E-state index contributed by atoms with van der Waals surface area (Å²) in [5, 5.41) is 11.5. The topological polar surface area (TPSA) is 58.6 Å². The molecule has 0 atom stereocenters. The highest BCUT2D eigenvalue weighted by Gasteiger charge is 2.14. The molecule has 15 heavy (non-hydrogen) atoms. The van der Waals surface area contributed by atoms with E-state index in [4.69, 9.17) is 21.2 Å². The molecule has 0 aliphatic heterocycles. The highest BCUT2D eigenvalue weighted by molar-refractivity contribution is 9.10. The molecule has 0 amide bonds. The molecule has 2 aromatic rings. The SMILES string of the molecule is Cc1nc2c(C(Cl)=NO)ccc(Br)c2o1. The molecule has 2 rings (SSSR count). The minimum atomic E-state index is -0.0131. The van der Waals surface area contributed by atoms with Gasteiger partial charge in [0.25, 0.3) is 0 Å². The van der Waals surface area contributed by atoms with Gasteiger partial charge in [-0.15, -0.1) is 0 Å². The predicted octanol–water partition coefficient (Wildman–Crippen LogP) is 3.27. The Balaban J connectivity index is 2.82. The number of fused-ring (bicyclic) bond motifs is 1. The Morgan fingerprint density at radius 2 is 2.33 bits per heavy atom. The molecule has 6 heteroatoms. The van der Waals surface area contributed by atoms with Crippen molar-refractivity contribution >= 4 is 43.8 Å². The van der Waals surface area contributed by atoms with Gasteiger partial charge in [0.2, 0.25) is 0 Å². The van der Waals surface area contributed by atoms with Gasteiger partial charge in [-0.05, 0) is 28.1 Å². The molecule has 1 aromatic heterocycles. The van der Waals surface area contributed by atoms with Crippen molar-refractivity contribution in [3.63, 3.8) is 0 Å². The highest BCUT2D eigenvalue weighted by atomic mass is 79.9. The third kappa shape index (κ3) is 1.72. The first kappa shape index (κ1) is 10.4. The van der Waals surface area contributed by atoms with Gasteiger partial charge in [-0.3, -0.25) is 0 Å². The van der Waals surface area contributed by atoms with Crippen LogP contribution in [0.2, 0.25) is 0 Å². The van der Waals surface area contributed by atoms with E-state index in [1.54, 1.807) is 19.1 Å². The van der Waals surface area contributed by atoms with Gasteiger partial charge in [-0.2, -0.15) is 0 Å². The first-order chi connectivity index (χ1) is 7.13. The van der Waals surface area contributed by atoms with E-state index in [-0.39, 0.29) is 5.17 Å². The van der Waals surface area contributed by atoms with Crippen molar-refractivity contribution in [3.05, 3.63) is 28.1 Å². The van der Waals surface area contributed by atoms with Crippen molar-refractivity contribution in [1.82, 2.24) is 4.98 Å². The second-order valence-electron chi connectivity index (χ2n) is 2.90. The molecule has 1 aromatic carbocycles. The van der Waals surface area contributed by atoms with E-state index in [1.807, 2.05) is 0 Å². The standard InChI is InChI=1S/C9H6BrClN2O2/c1-4-12-7-5(9(11)13-14)2-3-6(10)8(7)15-4/h2-3,14H,1H3. The predicted molar refractivity (Wildman–Crippen MR) is 60.6 cm³/mol. The van der Waals surface area contributed by atoms with Crippen LogP contribution >= 0.6 is 27.5 Å². The number of halogens is 2. The Labute approximate surface area is 98.7 Å². The number of rotatable bonds is 1. The molecule has 1 heterocycles. The maximum atomic E-state index is 8.61. The van der Waals surface area contributed by atoms with E-state index in [1.165, 1.54) is 0 Å².